The first-order chi connectivity index (χ1) is 18.2. The highest BCUT2D eigenvalue weighted by Crippen LogP contribution is 2.39. The summed E-state index contributed by atoms with van der Waals surface area (Å²) in [6, 6.07) is 8.47. The predicted octanol–water partition coefficient (Wildman–Crippen LogP) is 5.80. The van der Waals surface area contributed by atoms with E-state index in [2.05, 4.69) is 15.2 Å². The van der Waals surface area contributed by atoms with Gasteiger partial charge in [-0.15, -0.1) is 0 Å². The minimum atomic E-state index is -5.18. The Hall–Kier alpha value is -3.61. The molecule has 2 aromatic carbocycles. The van der Waals surface area contributed by atoms with E-state index in [1.54, 1.807) is 17.1 Å². The first-order valence-corrected chi connectivity index (χ1v) is 12.0. The van der Waals surface area contributed by atoms with Crippen molar-refractivity contribution in [3.63, 3.8) is 0 Å². The molecular weight excluding hydrogens is 557 g/mol. The Morgan fingerprint density at radius 3 is 2.26 bits per heavy atom. The number of nitrogens with one attached hydrogen (secondary N) is 2. The summed E-state index contributed by atoms with van der Waals surface area (Å²) < 4.78 is 95.6. The fraction of sp³-hybridized carbons (Fsp3) is 0.320. The molecule has 1 fully saturated rings. The molecule has 0 radical (unpaired) electrons. The van der Waals surface area contributed by atoms with E-state index in [9.17, 15) is 35.9 Å². The van der Waals surface area contributed by atoms with Crippen molar-refractivity contribution in [2.75, 3.05) is 18.0 Å². The van der Waals surface area contributed by atoms with Gasteiger partial charge in [0.2, 0.25) is 5.91 Å². The molecule has 2 N–H and O–H groups in total. The number of anilines is 1. The second-order valence-corrected chi connectivity index (χ2v) is 9.33. The third-order valence-corrected chi connectivity index (χ3v) is 6.56. The van der Waals surface area contributed by atoms with Gasteiger partial charge in [0.25, 0.3) is 5.56 Å². The molecular formula is C25H20ClF7N4O2. The van der Waals surface area contributed by atoms with Gasteiger partial charge in [-0.3, -0.25) is 9.59 Å². The minimum Gasteiger partial charge on any atom is -0.371 e. The number of carbonyl (C=O) groups is 1. The van der Waals surface area contributed by atoms with Gasteiger partial charge in [-0.25, -0.2) is 9.37 Å². The molecule has 1 aliphatic heterocycles. The lowest BCUT2D eigenvalue weighted by Gasteiger charge is -2.33. The molecule has 0 spiro atoms. The molecule has 6 nitrogen and oxygen atoms in total. The zero-order valence-electron chi connectivity index (χ0n) is 19.9. The maximum Gasteiger partial charge on any atom is 0.433 e. The van der Waals surface area contributed by atoms with Gasteiger partial charge in [-0.05, 0) is 43.2 Å². The van der Waals surface area contributed by atoms with E-state index in [0.29, 0.717) is 37.0 Å². The van der Waals surface area contributed by atoms with Crippen LogP contribution in [0.4, 0.5) is 36.4 Å². The van der Waals surface area contributed by atoms with Gasteiger partial charge in [0.1, 0.15) is 11.6 Å². The van der Waals surface area contributed by atoms with Gasteiger partial charge in [0, 0.05) is 47.9 Å². The van der Waals surface area contributed by atoms with Gasteiger partial charge < -0.3 is 15.2 Å². The third kappa shape index (κ3) is 6.52. The summed E-state index contributed by atoms with van der Waals surface area (Å²) in [4.78, 5) is 31.3. The Morgan fingerprint density at radius 1 is 1.03 bits per heavy atom. The number of hydrogen-bond donors (Lipinski definition) is 2. The predicted molar refractivity (Wildman–Crippen MR) is 128 cm³/mol. The lowest BCUT2D eigenvalue weighted by Crippen LogP contribution is -2.40. The van der Waals surface area contributed by atoms with Crippen LogP contribution in [0.5, 0.6) is 0 Å². The average Bonchev–Trinajstić information content (AvgIpc) is 2.86. The van der Waals surface area contributed by atoms with E-state index in [4.69, 9.17) is 11.6 Å². The van der Waals surface area contributed by atoms with E-state index in [0.717, 1.165) is 11.8 Å². The molecule has 14 heteroatoms. The largest absolute Gasteiger partial charge is 0.433 e. The number of benzene rings is 2. The molecule has 0 atom stereocenters. The van der Waals surface area contributed by atoms with Crippen molar-refractivity contribution in [1.29, 1.82) is 0 Å². The summed E-state index contributed by atoms with van der Waals surface area (Å²) in [6.45, 7) is 0.566. The fourth-order valence-corrected chi connectivity index (χ4v) is 4.45. The van der Waals surface area contributed by atoms with Crippen LogP contribution in [0.2, 0.25) is 5.02 Å². The zero-order chi connectivity index (χ0) is 28.5. The number of rotatable bonds is 5. The average molecular weight is 577 g/mol. The van der Waals surface area contributed by atoms with E-state index in [-0.39, 0.29) is 6.07 Å². The number of alkyl halides is 6. The second kappa shape index (κ2) is 10.9. The maximum atomic E-state index is 15.4. The first-order valence-electron chi connectivity index (χ1n) is 11.6. The fourth-order valence-electron chi connectivity index (χ4n) is 4.32. The number of aromatic amines is 1. The van der Waals surface area contributed by atoms with E-state index in [1.807, 2.05) is 12.1 Å². The zero-order valence-corrected chi connectivity index (χ0v) is 20.6. The van der Waals surface area contributed by atoms with Crippen LogP contribution >= 0.6 is 11.6 Å². The Kier molecular flexibility index (Phi) is 7.92. The molecule has 1 amide bonds. The highest BCUT2D eigenvalue weighted by atomic mass is 35.5. The van der Waals surface area contributed by atoms with Crippen molar-refractivity contribution >= 4 is 23.2 Å². The third-order valence-electron chi connectivity index (χ3n) is 6.31. The van der Waals surface area contributed by atoms with Crippen LogP contribution in [0, 0.1) is 11.7 Å². The van der Waals surface area contributed by atoms with Gasteiger partial charge in [0.05, 0.1) is 11.1 Å². The van der Waals surface area contributed by atoms with Crippen molar-refractivity contribution < 1.29 is 35.5 Å². The van der Waals surface area contributed by atoms with E-state index >= 15 is 4.39 Å². The van der Waals surface area contributed by atoms with Crippen LogP contribution in [-0.4, -0.2) is 29.0 Å². The molecule has 2 heterocycles. The summed E-state index contributed by atoms with van der Waals surface area (Å²) in [5.74, 6) is -3.68. The SMILES string of the molecule is O=C(NCc1ccc(C(F)(F)F)c(-c2nc(C(F)(F)F)cc(=O)[nH]2)c1F)C1CCN(c2ccc(Cl)cc2)CC1. The highest BCUT2D eigenvalue weighted by Gasteiger charge is 2.38. The molecule has 0 bridgehead atoms. The summed E-state index contributed by atoms with van der Waals surface area (Å²) in [5.41, 5.74) is -5.68. The highest BCUT2D eigenvalue weighted by molar-refractivity contribution is 6.30. The van der Waals surface area contributed by atoms with Crippen molar-refractivity contribution in [1.82, 2.24) is 15.3 Å². The summed E-state index contributed by atoms with van der Waals surface area (Å²) in [6.07, 6.45) is -9.41. The topological polar surface area (TPSA) is 78.1 Å². The lowest BCUT2D eigenvalue weighted by molar-refractivity contribution is -0.141. The number of carbonyl (C=O) groups excluding carboxylic acids is 1. The van der Waals surface area contributed by atoms with Crippen molar-refractivity contribution in [3.05, 3.63) is 80.5 Å². The molecule has 1 saturated heterocycles. The number of nitrogens with zero attached hydrogens (tertiary/aromatic N) is 2. The smallest absolute Gasteiger partial charge is 0.371 e. The monoisotopic (exact) mass is 576 g/mol. The van der Waals surface area contributed by atoms with Gasteiger partial charge in [0.15, 0.2) is 5.69 Å². The Bertz CT molecular complexity index is 1410. The maximum absolute atomic E-state index is 15.4. The van der Waals surface area contributed by atoms with Crippen LogP contribution in [0.3, 0.4) is 0 Å². The summed E-state index contributed by atoms with van der Waals surface area (Å²) in [7, 11) is 0. The van der Waals surface area contributed by atoms with Gasteiger partial charge in [-0.1, -0.05) is 17.7 Å². The molecule has 0 saturated carbocycles. The van der Waals surface area contributed by atoms with Crippen molar-refractivity contribution in [2.24, 2.45) is 5.92 Å². The van der Waals surface area contributed by atoms with Gasteiger partial charge in [-0.2, -0.15) is 26.3 Å². The number of halogens is 8. The van der Waals surface area contributed by atoms with Crippen LogP contribution in [0.1, 0.15) is 29.7 Å². The second-order valence-electron chi connectivity index (χ2n) is 8.89. The molecule has 1 aliphatic rings. The van der Waals surface area contributed by atoms with E-state index < -0.39 is 70.3 Å². The number of hydrogen-bond acceptors (Lipinski definition) is 4. The van der Waals surface area contributed by atoms with Crippen molar-refractivity contribution in [2.45, 2.75) is 31.7 Å². The van der Waals surface area contributed by atoms with Crippen LogP contribution < -0.4 is 15.8 Å². The van der Waals surface area contributed by atoms with Crippen molar-refractivity contribution in [3.8, 4) is 11.4 Å². The Morgan fingerprint density at radius 2 is 1.67 bits per heavy atom. The molecule has 208 valence electrons. The van der Waals surface area contributed by atoms with Crippen LogP contribution in [0.15, 0.2) is 47.3 Å². The summed E-state index contributed by atoms with van der Waals surface area (Å²) in [5, 5.41) is 3.07. The van der Waals surface area contributed by atoms with E-state index in [1.165, 1.54) is 0 Å². The molecule has 0 unspecified atom stereocenters. The molecule has 39 heavy (non-hydrogen) atoms. The molecule has 3 aromatic rings. The van der Waals surface area contributed by atoms with Crippen LogP contribution in [0.25, 0.3) is 11.4 Å². The molecule has 1 aromatic heterocycles. The first kappa shape index (κ1) is 28.4. The Labute approximate surface area is 221 Å². The minimum absolute atomic E-state index is 0.0526. The summed E-state index contributed by atoms with van der Waals surface area (Å²) >= 11 is 5.90. The number of piperidine rings is 1. The molecule has 4 rings (SSSR count). The number of H-pyrrole nitrogens is 1. The standard InChI is InChI=1S/C25H20ClF7N4O2/c26-15-2-4-16(5-3-15)37-9-7-13(8-10-37)23(39)34-12-14-1-6-17(24(28,29)30)20(21(14)27)22-35-18(25(31,32)33)11-19(38)36-22/h1-6,11,13H,7-10,12H2,(H,34,39)(H,35,36,38). The normalized spacial score (nSPS) is 14.9. The van der Waals surface area contributed by atoms with Gasteiger partial charge >= 0.3 is 12.4 Å². The number of aromatic nitrogens is 2. The quantitative estimate of drug-likeness (QED) is 0.377. The Balaban J connectivity index is 1.53. The molecule has 0 aliphatic carbocycles. The lowest BCUT2D eigenvalue weighted by atomic mass is 9.95. The number of amides is 1. The van der Waals surface area contributed by atoms with Crippen LogP contribution in [-0.2, 0) is 23.7 Å².